The van der Waals surface area contributed by atoms with Crippen LogP contribution >= 0.6 is 11.6 Å². The van der Waals surface area contributed by atoms with Crippen LogP contribution in [0.1, 0.15) is 16.7 Å². The third kappa shape index (κ3) is 1.94. The van der Waals surface area contributed by atoms with Crippen LogP contribution in [0.3, 0.4) is 0 Å². The second-order valence-corrected chi connectivity index (χ2v) is 5.58. The predicted molar refractivity (Wildman–Crippen MR) is 87.4 cm³/mol. The normalized spacial score (nSPS) is 19.2. The first-order chi connectivity index (χ1) is 11.1. The van der Waals surface area contributed by atoms with Gasteiger partial charge >= 0.3 is 5.97 Å². The standard InChI is InChI=1S/C18H13ClN2O2/c1-23-17(22)15-16(21)14-12(8-5-9-13(14)19)18(15,10-20)11-6-3-2-4-7-11/h2-9H,21H2,1H3. The summed E-state index contributed by atoms with van der Waals surface area (Å²) in [6, 6.07) is 16.5. The average Bonchev–Trinajstić information content (AvgIpc) is 2.85. The lowest BCUT2D eigenvalue weighted by Gasteiger charge is -2.25. The largest absolute Gasteiger partial charge is 0.466 e. The van der Waals surface area contributed by atoms with Crippen LogP contribution in [0.4, 0.5) is 0 Å². The van der Waals surface area contributed by atoms with Crippen LogP contribution in [0.25, 0.3) is 5.70 Å². The van der Waals surface area contributed by atoms with Gasteiger partial charge in [0, 0.05) is 5.56 Å². The van der Waals surface area contributed by atoms with Crippen molar-refractivity contribution in [3.63, 3.8) is 0 Å². The van der Waals surface area contributed by atoms with Crippen molar-refractivity contribution in [2.75, 3.05) is 7.11 Å². The lowest BCUT2D eigenvalue weighted by atomic mass is 9.73. The van der Waals surface area contributed by atoms with Crippen LogP contribution < -0.4 is 5.73 Å². The molecule has 5 heteroatoms. The molecule has 0 saturated heterocycles. The molecule has 3 rings (SSSR count). The Morgan fingerprint density at radius 2 is 1.91 bits per heavy atom. The van der Waals surface area contributed by atoms with E-state index >= 15 is 0 Å². The molecule has 0 saturated carbocycles. The first-order valence-corrected chi connectivity index (χ1v) is 7.30. The van der Waals surface area contributed by atoms with Crippen LogP contribution in [0.15, 0.2) is 54.1 Å². The number of nitriles is 1. The summed E-state index contributed by atoms with van der Waals surface area (Å²) in [4.78, 5) is 12.4. The Balaban J connectivity index is 2.45. The molecule has 114 valence electrons. The zero-order chi connectivity index (χ0) is 16.6. The van der Waals surface area contributed by atoms with Crippen molar-refractivity contribution in [1.82, 2.24) is 0 Å². The third-order valence-corrected chi connectivity index (χ3v) is 4.41. The van der Waals surface area contributed by atoms with E-state index in [1.807, 2.05) is 18.2 Å². The summed E-state index contributed by atoms with van der Waals surface area (Å²) in [6.45, 7) is 0. The zero-order valence-corrected chi connectivity index (χ0v) is 13.1. The second kappa shape index (κ2) is 5.45. The van der Waals surface area contributed by atoms with Crippen molar-refractivity contribution < 1.29 is 9.53 Å². The van der Waals surface area contributed by atoms with E-state index in [1.54, 1.807) is 30.3 Å². The van der Waals surface area contributed by atoms with Gasteiger partial charge in [0.25, 0.3) is 0 Å². The molecule has 2 aromatic carbocycles. The minimum absolute atomic E-state index is 0.108. The summed E-state index contributed by atoms with van der Waals surface area (Å²) in [5, 5.41) is 10.4. The van der Waals surface area contributed by atoms with Gasteiger partial charge in [0.05, 0.1) is 29.5 Å². The van der Waals surface area contributed by atoms with Gasteiger partial charge in [-0.1, -0.05) is 54.1 Å². The van der Waals surface area contributed by atoms with E-state index in [4.69, 9.17) is 22.1 Å². The number of nitrogens with two attached hydrogens (primary N) is 1. The molecule has 1 unspecified atom stereocenters. The molecule has 0 heterocycles. The molecular weight excluding hydrogens is 312 g/mol. The summed E-state index contributed by atoms with van der Waals surface area (Å²) in [6.07, 6.45) is 0. The number of halogens is 1. The molecule has 4 nitrogen and oxygen atoms in total. The molecular formula is C18H13ClN2O2. The molecule has 0 amide bonds. The Kier molecular flexibility index (Phi) is 3.59. The number of hydrogen-bond donors (Lipinski definition) is 1. The zero-order valence-electron chi connectivity index (χ0n) is 12.3. The summed E-state index contributed by atoms with van der Waals surface area (Å²) in [5.41, 5.74) is 6.91. The minimum atomic E-state index is -1.33. The fourth-order valence-corrected chi connectivity index (χ4v) is 3.38. The minimum Gasteiger partial charge on any atom is -0.466 e. The van der Waals surface area contributed by atoms with E-state index in [1.165, 1.54) is 7.11 Å². The van der Waals surface area contributed by atoms with Crippen molar-refractivity contribution in [2.24, 2.45) is 5.73 Å². The highest BCUT2D eigenvalue weighted by molar-refractivity contribution is 6.33. The van der Waals surface area contributed by atoms with Crippen molar-refractivity contribution in [3.05, 3.63) is 75.8 Å². The van der Waals surface area contributed by atoms with E-state index in [9.17, 15) is 10.1 Å². The van der Waals surface area contributed by atoms with E-state index in [-0.39, 0.29) is 11.3 Å². The van der Waals surface area contributed by atoms with Gasteiger partial charge in [-0.25, -0.2) is 4.79 Å². The second-order valence-electron chi connectivity index (χ2n) is 5.17. The number of ether oxygens (including phenoxy) is 1. The maximum atomic E-state index is 12.4. The number of hydrogen-bond acceptors (Lipinski definition) is 4. The molecule has 1 atom stereocenters. The predicted octanol–water partition coefficient (Wildman–Crippen LogP) is 3.01. The number of benzene rings is 2. The summed E-state index contributed by atoms with van der Waals surface area (Å²) >= 11 is 6.27. The molecule has 0 bridgehead atoms. The van der Waals surface area contributed by atoms with Crippen molar-refractivity contribution in [2.45, 2.75) is 5.41 Å². The van der Waals surface area contributed by atoms with Crippen molar-refractivity contribution >= 4 is 23.3 Å². The van der Waals surface area contributed by atoms with Crippen LogP contribution in [0.5, 0.6) is 0 Å². The fourth-order valence-electron chi connectivity index (χ4n) is 3.11. The number of carbonyl (C=O) groups excluding carboxylic acids is 1. The van der Waals surface area contributed by atoms with Crippen molar-refractivity contribution in [3.8, 4) is 6.07 Å². The summed E-state index contributed by atoms with van der Waals surface area (Å²) in [5.74, 6) is -0.639. The van der Waals surface area contributed by atoms with Crippen LogP contribution in [0.2, 0.25) is 5.02 Å². The number of methoxy groups -OCH3 is 1. The maximum absolute atomic E-state index is 12.4. The van der Waals surface area contributed by atoms with Gasteiger partial charge in [-0.3, -0.25) is 0 Å². The van der Waals surface area contributed by atoms with Gasteiger partial charge in [0.2, 0.25) is 0 Å². The van der Waals surface area contributed by atoms with Gasteiger partial charge in [-0.15, -0.1) is 0 Å². The van der Waals surface area contributed by atoms with Crippen molar-refractivity contribution in [1.29, 1.82) is 5.26 Å². The van der Waals surface area contributed by atoms with E-state index in [2.05, 4.69) is 6.07 Å². The lowest BCUT2D eigenvalue weighted by molar-refractivity contribution is -0.136. The summed E-state index contributed by atoms with van der Waals surface area (Å²) < 4.78 is 4.88. The first-order valence-electron chi connectivity index (χ1n) is 6.92. The molecule has 0 fully saturated rings. The molecule has 0 aliphatic heterocycles. The van der Waals surface area contributed by atoms with E-state index in [0.29, 0.717) is 21.7 Å². The Bertz CT molecular complexity index is 868. The smallest absolute Gasteiger partial charge is 0.338 e. The SMILES string of the molecule is COC(=O)C1=C(N)c2c(Cl)cccc2C1(C#N)c1ccccc1. The number of rotatable bonds is 2. The number of carbonyl (C=O) groups is 1. The Hall–Kier alpha value is -2.77. The topological polar surface area (TPSA) is 76.1 Å². The number of nitrogens with zero attached hydrogens (tertiary/aromatic N) is 1. The lowest BCUT2D eigenvalue weighted by Crippen LogP contribution is -2.31. The van der Waals surface area contributed by atoms with Gasteiger partial charge < -0.3 is 10.5 Å². The van der Waals surface area contributed by atoms with Crippen LogP contribution in [0, 0.1) is 11.3 Å². The Labute approximate surface area is 138 Å². The van der Waals surface area contributed by atoms with Crippen LogP contribution in [-0.2, 0) is 14.9 Å². The number of esters is 1. The molecule has 1 aliphatic carbocycles. The van der Waals surface area contributed by atoms with Gasteiger partial charge in [0.15, 0.2) is 0 Å². The van der Waals surface area contributed by atoms with E-state index < -0.39 is 11.4 Å². The highest BCUT2D eigenvalue weighted by atomic mass is 35.5. The Morgan fingerprint density at radius 3 is 2.52 bits per heavy atom. The monoisotopic (exact) mass is 324 g/mol. The molecule has 0 aromatic heterocycles. The molecule has 2 N–H and O–H groups in total. The quantitative estimate of drug-likeness (QED) is 0.861. The van der Waals surface area contributed by atoms with E-state index in [0.717, 1.165) is 0 Å². The average molecular weight is 325 g/mol. The highest BCUT2D eigenvalue weighted by Gasteiger charge is 2.51. The fraction of sp³-hybridized carbons (Fsp3) is 0.111. The van der Waals surface area contributed by atoms with Gasteiger partial charge in [-0.2, -0.15) is 5.26 Å². The van der Waals surface area contributed by atoms with Gasteiger partial charge in [-0.05, 0) is 17.2 Å². The summed E-state index contributed by atoms with van der Waals surface area (Å²) in [7, 11) is 1.26. The number of fused-ring (bicyclic) bond motifs is 1. The maximum Gasteiger partial charge on any atom is 0.338 e. The molecule has 2 aromatic rings. The molecule has 0 spiro atoms. The van der Waals surface area contributed by atoms with Crippen LogP contribution in [-0.4, -0.2) is 13.1 Å². The molecule has 1 aliphatic rings. The molecule has 23 heavy (non-hydrogen) atoms. The van der Waals surface area contributed by atoms with Gasteiger partial charge in [0.1, 0.15) is 5.41 Å². The third-order valence-electron chi connectivity index (χ3n) is 4.10. The highest BCUT2D eigenvalue weighted by Crippen LogP contribution is 2.50. The molecule has 0 radical (unpaired) electrons. The first kappa shape index (κ1) is 15.1. The Morgan fingerprint density at radius 1 is 1.22 bits per heavy atom.